The summed E-state index contributed by atoms with van der Waals surface area (Å²) >= 11 is 3.40. The molecule has 0 radical (unpaired) electrons. The summed E-state index contributed by atoms with van der Waals surface area (Å²) in [6.07, 6.45) is 0. The highest BCUT2D eigenvalue weighted by Gasteiger charge is 2.13. The molecule has 0 atom stereocenters. The monoisotopic (exact) mass is 451 g/mol. The van der Waals surface area contributed by atoms with E-state index in [2.05, 4.69) is 21.4 Å². The van der Waals surface area contributed by atoms with Crippen LogP contribution >= 0.6 is 15.9 Å². The van der Waals surface area contributed by atoms with E-state index in [9.17, 15) is 9.90 Å². The Morgan fingerprint density at radius 3 is 2.62 bits per heavy atom. The minimum atomic E-state index is -0.212. The fraction of sp³-hybridized carbons (Fsp3) is 0.0909. The summed E-state index contributed by atoms with van der Waals surface area (Å²) in [4.78, 5) is 17.9. The SMILES string of the molecule is COc1ccc(-c2nc3ccccc3c(=O)n2NCc2cc(Br)ccc2O)cc1. The van der Waals surface area contributed by atoms with E-state index in [-0.39, 0.29) is 17.9 Å². The van der Waals surface area contributed by atoms with Gasteiger partial charge in [-0.2, -0.15) is 0 Å². The number of phenolic OH excluding ortho intramolecular Hbond substituents is 1. The van der Waals surface area contributed by atoms with Crippen molar-refractivity contribution in [1.82, 2.24) is 9.66 Å². The molecule has 6 nitrogen and oxygen atoms in total. The maximum Gasteiger partial charge on any atom is 0.280 e. The zero-order chi connectivity index (χ0) is 20.4. The largest absolute Gasteiger partial charge is 0.508 e. The van der Waals surface area contributed by atoms with Crippen molar-refractivity contribution in [3.05, 3.63) is 87.1 Å². The molecule has 3 aromatic carbocycles. The van der Waals surface area contributed by atoms with Gasteiger partial charge in [-0.05, 0) is 54.6 Å². The average molecular weight is 452 g/mol. The van der Waals surface area contributed by atoms with Gasteiger partial charge >= 0.3 is 0 Å². The Balaban J connectivity index is 1.82. The lowest BCUT2D eigenvalue weighted by molar-refractivity contribution is 0.415. The first-order chi connectivity index (χ1) is 14.1. The number of methoxy groups -OCH3 is 1. The van der Waals surface area contributed by atoms with Crippen LogP contribution in [0.15, 0.2) is 76.0 Å². The quantitative estimate of drug-likeness (QED) is 0.473. The number of fused-ring (bicyclic) bond motifs is 1. The summed E-state index contributed by atoms with van der Waals surface area (Å²) in [6.45, 7) is 0.244. The minimum Gasteiger partial charge on any atom is -0.508 e. The van der Waals surface area contributed by atoms with Crippen molar-refractivity contribution in [2.75, 3.05) is 12.5 Å². The van der Waals surface area contributed by atoms with Crippen molar-refractivity contribution in [1.29, 1.82) is 0 Å². The van der Waals surface area contributed by atoms with E-state index in [0.717, 1.165) is 15.8 Å². The van der Waals surface area contributed by atoms with E-state index >= 15 is 0 Å². The fourth-order valence-electron chi connectivity index (χ4n) is 3.07. The van der Waals surface area contributed by atoms with Gasteiger partial charge in [0.2, 0.25) is 0 Å². The number of halogens is 1. The van der Waals surface area contributed by atoms with Gasteiger partial charge in [0.05, 0.1) is 24.6 Å². The topological polar surface area (TPSA) is 76.4 Å². The number of benzene rings is 3. The predicted octanol–water partition coefficient (Wildman–Crippen LogP) is 4.28. The molecular formula is C22H18BrN3O3. The molecule has 0 aliphatic heterocycles. The molecule has 0 unspecified atom stereocenters. The van der Waals surface area contributed by atoms with Crippen LogP contribution in [0, 0.1) is 0 Å². The highest BCUT2D eigenvalue weighted by atomic mass is 79.9. The number of phenols is 1. The van der Waals surface area contributed by atoms with Crippen molar-refractivity contribution in [3.63, 3.8) is 0 Å². The number of hydrogen-bond donors (Lipinski definition) is 2. The zero-order valence-electron chi connectivity index (χ0n) is 15.6. The molecule has 0 amide bonds. The molecule has 4 aromatic rings. The molecule has 29 heavy (non-hydrogen) atoms. The van der Waals surface area contributed by atoms with Crippen LogP contribution in [0.5, 0.6) is 11.5 Å². The first-order valence-electron chi connectivity index (χ1n) is 8.94. The number of rotatable bonds is 5. The lowest BCUT2D eigenvalue weighted by atomic mass is 10.1. The number of aromatic nitrogens is 2. The van der Waals surface area contributed by atoms with Crippen molar-refractivity contribution in [2.45, 2.75) is 6.54 Å². The maximum absolute atomic E-state index is 13.2. The van der Waals surface area contributed by atoms with Crippen LogP contribution in [-0.2, 0) is 6.54 Å². The van der Waals surface area contributed by atoms with Gasteiger partial charge in [-0.25, -0.2) is 9.66 Å². The molecule has 0 aliphatic rings. The van der Waals surface area contributed by atoms with Gasteiger partial charge in [-0.1, -0.05) is 28.1 Å². The van der Waals surface area contributed by atoms with E-state index in [4.69, 9.17) is 9.72 Å². The van der Waals surface area contributed by atoms with Crippen molar-refractivity contribution in [2.24, 2.45) is 0 Å². The fourth-order valence-corrected chi connectivity index (χ4v) is 3.48. The van der Waals surface area contributed by atoms with Crippen molar-refractivity contribution in [3.8, 4) is 22.9 Å². The third kappa shape index (κ3) is 3.82. The molecule has 7 heteroatoms. The summed E-state index contributed by atoms with van der Waals surface area (Å²) in [7, 11) is 1.60. The Morgan fingerprint density at radius 1 is 1.10 bits per heavy atom. The van der Waals surface area contributed by atoms with Gasteiger partial charge in [0.1, 0.15) is 11.5 Å². The Labute approximate surface area is 175 Å². The van der Waals surface area contributed by atoms with E-state index in [1.54, 1.807) is 31.4 Å². The van der Waals surface area contributed by atoms with Gasteiger partial charge < -0.3 is 15.3 Å². The van der Waals surface area contributed by atoms with Crippen LogP contribution in [0.3, 0.4) is 0 Å². The van der Waals surface area contributed by atoms with Crippen LogP contribution in [0.2, 0.25) is 0 Å². The molecule has 0 aliphatic carbocycles. The third-order valence-electron chi connectivity index (χ3n) is 4.59. The number of ether oxygens (including phenoxy) is 1. The summed E-state index contributed by atoms with van der Waals surface area (Å²) in [5.41, 5.74) is 4.94. The molecule has 0 fully saturated rings. The Morgan fingerprint density at radius 2 is 1.86 bits per heavy atom. The summed E-state index contributed by atoms with van der Waals surface area (Å²) < 4.78 is 7.48. The molecule has 0 bridgehead atoms. The average Bonchev–Trinajstić information content (AvgIpc) is 2.75. The van der Waals surface area contributed by atoms with Crippen LogP contribution in [-0.4, -0.2) is 21.9 Å². The Kier molecular flexibility index (Phi) is 5.22. The highest BCUT2D eigenvalue weighted by Crippen LogP contribution is 2.24. The van der Waals surface area contributed by atoms with E-state index in [1.165, 1.54) is 4.68 Å². The van der Waals surface area contributed by atoms with Crippen LogP contribution in [0.25, 0.3) is 22.3 Å². The molecule has 146 valence electrons. The van der Waals surface area contributed by atoms with Gasteiger partial charge in [-0.3, -0.25) is 4.79 Å². The van der Waals surface area contributed by atoms with Crippen LogP contribution in [0.4, 0.5) is 0 Å². The molecule has 1 heterocycles. The minimum absolute atomic E-state index is 0.147. The standard InChI is InChI=1S/C22H18BrN3O3/c1-29-17-9-6-14(7-10-17)21-25-19-5-3-2-4-18(19)22(28)26(21)24-13-15-12-16(23)8-11-20(15)27/h2-12,24,27H,13H2,1H3. The first-order valence-corrected chi connectivity index (χ1v) is 9.73. The van der Waals surface area contributed by atoms with Crippen molar-refractivity contribution < 1.29 is 9.84 Å². The van der Waals surface area contributed by atoms with Crippen molar-refractivity contribution >= 4 is 26.8 Å². The summed E-state index contributed by atoms with van der Waals surface area (Å²) in [5.74, 6) is 1.34. The van der Waals surface area contributed by atoms with Crippen LogP contribution in [0.1, 0.15) is 5.56 Å². The Hall–Kier alpha value is -3.32. The first kappa shape index (κ1) is 19.0. The molecule has 2 N–H and O–H groups in total. The zero-order valence-corrected chi connectivity index (χ0v) is 17.2. The molecule has 1 aromatic heterocycles. The number of nitrogens with zero attached hydrogens (tertiary/aromatic N) is 2. The second-order valence-corrected chi connectivity index (χ2v) is 7.35. The van der Waals surface area contributed by atoms with Gasteiger partial charge in [0.15, 0.2) is 5.82 Å². The maximum atomic E-state index is 13.2. The summed E-state index contributed by atoms with van der Waals surface area (Å²) in [5, 5.41) is 10.6. The summed E-state index contributed by atoms with van der Waals surface area (Å²) in [6, 6.07) is 19.7. The number of para-hydroxylation sites is 1. The lowest BCUT2D eigenvalue weighted by Gasteiger charge is -2.16. The number of nitrogens with one attached hydrogen (secondary N) is 1. The van der Waals surface area contributed by atoms with E-state index in [0.29, 0.717) is 22.3 Å². The molecule has 0 spiro atoms. The number of hydrogen-bond acceptors (Lipinski definition) is 5. The van der Waals surface area contributed by atoms with Crippen LogP contribution < -0.4 is 15.7 Å². The second kappa shape index (κ2) is 7.97. The number of aromatic hydroxyl groups is 1. The normalized spacial score (nSPS) is 10.8. The van der Waals surface area contributed by atoms with Gasteiger partial charge in [0.25, 0.3) is 5.56 Å². The van der Waals surface area contributed by atoms with E-state index in [1.807, 2.05) is 42.5 Å². The molecule has 0 saturated carbocycles. The second-order valence-electron chi connectivity index (χ2n) is 6.43. The Bertz CT molecular complexity index is 1240. The van der Waals surface area contributed by atoms with E-state index < -0.39 is 0 Å². The molecule has 4 rings (SSSR count). The highest BCUT2D eigenvalue weighted by molar-refractivity contribution is 9.10. The lowest BCUT2D eigenvalue weighted by Crippen LogP contribution is -2.31. The molecular weight excluding hydrogens is 434 g/mol. The predicted molar refractivity (Wildman–Crippen MR) is 117 cm³/mol. The smallest absolute Gasteiger partial charge is 0.280 e. The third-order valence-corrected chi connectivity index (χ3v) is 5.09. The molecule has 0 saturated heterocycles. The van der Waals surface area contributed by atoms with Gasteiger partial charge in [0, 0.05) is 15.6 Å². The van der Waals surface area contributed by atoms with Gasteiger partial charge in [-0.15, -0.1) is 0 Å².